The fraction of sp³-hybridized carbons (Fsp3) is 0.222. The molecule has 0 bridgehead atoms. The average molecular weight is 316 g/mol. The highest BCUT2D eigenvalue weighted by molar-refractivity contribution is 6.48. The third-order valence-electron chi connectivity index (χ3n) is 2.94. The molecule has 4 heteroatoms. The standard InChI is InChI=1S/C16H16ClN3.C2H6/c1-4-14-12(10(2)17)9-13(16(20-14)11(3)18)15-7-5-6-8-19-15;1-2/h4-9,11H,1-2,18H2,3H3;1-2H3. The van der Waals surface area contributed by atoms with Crippen LogP contribution < -0.4 is 5.73 Å². The Kier molecular flexibility index (Phi) is 6.96. The first-order valence-corrected chi connectivity index (χ1v) is 7.61. The smallest absolute Gasteiger partial charge is 0.0721 e. The maximum absolute atomic E-state index is 6.04. The molecule has 2 heterocycles. The molecule has 1 atom stereocenters. The van der Waals surface area contributed by atoms with Gasteiger partial charge in [-0.3, -0.25) is 9.97 Å². The van der Waals surface area contributed by atoms with Crippen molar-refractivity contribution in [2.24, 2.45) is 5.73 Å². The summed E-state index contributed by atoms with van der Waals surface area (Å²) < 4.78 is 0. The summed E-state index contributed by atoms with van der Waals surface area (Å²) in [4.78, 5) is 8.91. The van der Waals surface area contributed by atoms with Gasteiger partial charge in [-0.05, 0) is 31.2 Å². The number of halogens is 1. The van der Waals surface area contributed by atoms with Crippen molar-refractivity contribution < 1.29 is 0 Å². The van der Waals surface area contributed by atoms with E-state index >= 15 is 0 Å². The minimum absolute atomic E-state index is 0.219. The van der Waals surface area contributed by atoms with Crippen molar-refractivity contribution in [1.82, 2.24) is 9.97 Å². The van der Waals surface area contributed by atoms with Crippen molar-refractivity contribution in [3.8, 4) is 11.3 Å². The molecule has 0 fully saturated rings. The summed E-state index contributed by atoms with van der Waals surface area (Å²) in [6.07, 6.45) is 3.38. The van der Waals surface area contributed by atoms with Gasteiger partial charge in [0, 0.05) is 28.4 Å². The Morgan fingerprint density at radius 3 is 2.50 bits per heavy atom. The van der Waals surface area contributed by atoms with Crippen molar-refractivity contribution in [3.05, 3.63) is 60.6 Å². The first kappa shape index (κ1) is 18.1. The maximum atomic E-state index is 6.04. The third kappa shape index (κ3) is 4.03. The average Bonchev–Trinajstić information content (AvgIpc) is 2.56. The summed E-state index contributed by atoms with van der Waals surface area (Å²) in [6.45, 7) is 13.4. The van der Waals surface area contributed by atoms with E-state index in [4.69, 9.17) is 17.3 Å². The first-order valence-electron chi connectivity index (χ1n) is 7.23. The van der Waals surface area contributed by atoms with Gasteiger partial charge in [-0.15, -0.1) is 0 Å². The topological polar surface area (TPSA) is 51.8 Å². The molecule has 0 radical (unpaired) electrons. The second kappa shape index (κ2) is 8.47. The molecule has 0 saturated carbocycles. The van der Waals surface area contributed by atoms with E-state index in [0.29, 0.717) is 10.7 Å². The highest BCUT2D eigenvalue weighted by Gasteiger charge is 2.16. The molecule has 0 aliphatic carbocycles. The molecule has 0 aliphatic heterocycles. The lowest BCUT2D eigenvalue weighted by atomic mass is 10.0. The molecule has 2 rings (SSSR count). The van der Waals surface area contributed by atoms with Gasteiger partial charge in [0.1, 0.15) is 0 Å². The van der Waals surface area contributed by atoms with Crippen LogP contribution in [0.3, 0.4) is 0 Å². The highest BCUT2D eigenvalue weighted by atomic mass is 35.5. The van der Waals surface area contributed by atoms with Gasteiger partial charge in [0.2, 0.25) is 0 Å². The molecule has 22 heavy (non-hydrogen) atoms. The van der Waals surface area contributed by atoms with Crippen molar-refractivity contribution in [2.45, 2.75) is 26.8 Å². The Morgan fingerprint density at radius 2 is 2.05 bits per heavy atom. The maximum Gasteiger partial charge on any atom is 0.0721 e. The van der Waals surface area contributed by atoms with Crippen LogP contribution in [0.4, 0.5) is 0 Å². The molecular formula is C18H22ClN3. The normalized spacial score (nSPS) is 11.1. The molecule has 0 amide bonds. The first-order chi connectivity index (χ1) is 10.5. The summed E-state index contributed by atoms with van der Waals surface area (Å²) in [7, 11) is 0. The van der Waals surface area contributed by atoms with Crippen LogP contribution in [-0.4, -0.2) is 9.97 Å². The zero-order valence-corrected chi connectivity index (χ0v) is 14.1. The second-order valence-corrected chi connectivity index (χ2v) is 4.92. The summed E-state index contributed by atoms with van der Waals surface area (Å²) in [5.41, 5.74) is 9.88. The van der Waals surface area contributed by atoms with Crippen LogP contribution in [0, 0.1) is 0 Å². The van der Waals surface area contributed by atoms with Crippen molar-refractivity contribution in [1.29, 1.82) is 0 Å². The molecule has 0 saturated heterocycles. The highest BCUT2D eigenvalue weighted by Crippen LogP contribution is 2.31. The largest absolute Gasteiger partial charge is 0.323 e. The number of hydrogen-bond acceptors (Lipinski definition) is 3. The van der Waals surface area contributed by atoms with Gasteiger partial charge in [0.15, 0.2) is 0 Å². The quantitative estimate of drug-likeness (QED) is 0.859. The van der Waals surface area contributed by atoms with Crippen molar-refractivity contribution >= 4 is 22.7 Å². The molecule has 0 spiro atoms. The monoisotopic (exact) mass is 315 g/mol. The summed E-state index contributed by atoms with van der Waals surface area (Å²) >= 11 is 6.04. The van der Waals surface area contributed by atoms with E-state index < -0.39 is 0 Å². The Labute approximate surface area is 137 Å². The molecule has 1 unspecified atom stereocenters. The Balaban J connectivity index is 0.00000116. The van der Waals surface area contributed by atoms with Crippen LogP contribution in [0.2, 0.25) is 0 Å². The fourth-order valence-electron chi connectivity index (χ4n) is 1.99. The van der Waals surface area contributed by atoms with Crippen LogP contribution >= 0.6 is 11.6 Å². The lowest BCUT2D eigenvalue weighted by Gasteiger charge is -2.15. The fourth-order valence-corrected chi connectivity index (χ4v) is 2.14. The molecule has 0 aliphatic rings. The molecule has 0 aromatic carbocycles. The predicted octanol–water partition coefficient (Wildman–Crippen LogP) is 5.04. The SMILES string of the molecule is C=Cc1nc(C(C)N)c(-c2ccccn2)cc1C(=C)Cl.CC. The zero-order valence-electron chi connectivity index (χ0n) is 13.3. The second-order valence-electron chi connectivity index (χ2n) is 4.47. The van der Waals surface area contributed by atoms with E-state index in [0.717, 1.165) is 22.5 Å². The van der Waals surface area contributed by atoms with E-state index in [-0.39, 0.29) is 6.04 Å². The van der Waals surface area contributed by atoms with Gasteiger partial charge in [-0.2, -0.15) is 0 Å². The number of hydrogen-bond donors (Lipinski definition) is 1. The Bertz CT molecular complexity index is 649. The van der Waals surface area contributed by atoms with E-state index in [1.807, 2.05) is 45.0 Å². The molecule has 2 aromatic heterocycles. The number of aromatic nitrogens is 2. The van der Waals surface area contributed by atoms with Crippen LogP contribution in [0.5, 0.6) is 0 Å². The number of nitrogens with zero attached hydrogens (tertiary/aromatic N) is 2. The van der Waals surface area contributed by atoms with E-state index in [2.05, 4.69) is 23.1 Å². The van der Waals surface area contributed by atoms with Gasteiger partial charge in [0.05, 0.1) is 17.1 Å². The summed E-state index contributed by atoms with van der Waals surface area (Å²) in [6, 6.07) is 7.40. The molecule has 2 N–H and O–H groups in total. The minimum atomic E-state index is -0.219. The molecule has 116 valence electrons. The van der Waals surface area contributed by atoms with E-state index in [1.54, 1.807) is 12.3 Å². The lowest BCUT2D eigenvalue weighted by Crippen LogP contribution is -2.11. The summed E-state index contributed by atoms with van der Waals surface area (Å²) in [5, 5.41) is 0.417. The molecule has 3 nitrogen and oxygen atoms in total. The Hall–Kier alpha value is -1.97. The minimum Gasteiger partial charge on any atom is -0.323 e. The lowest BCUT2D eigenvalue weighted by molar-refractivity contribution is 0.781. The predicted molar refractivity (Wildman–Crippen MR) is 96.4 cm³/mol. The van der Waals surface area contributed by atoms with Gasteiger partial charge in [-0.1, -0.05) is 44.7 Å². The van der Waals surface area contributed by atoms with E-state index in [9.17, 15) is 0 Å². The van der Waals surface area contributed by atoms with Crippen LogP contribution in [0.15, 0.2) is 43.6 Å². The van der Waals surface area contributed by atoms with Crippen LogP contribution in [0.25, 0.3) is 22.4 Å². The van der Waals surface area contributed by atoms with Crippen molar-refractivity contribution in [3.63, 3.8) is 0 Å². The zero-order chi connectivity index (χ0) is 16.7. The number of nitrogens with two attached hydrogens (primary N) is 1. The van der Waals surface area contributed by atoms with Gasteiger partial charge < -0.3 is 5.73 Å². The van der Waals surface area contributed by atoms with Gasteiger partial charge >= 0.3 is 0 Å². The van der Waals surface area contributed by atoms with Gasteiger partial charge in [-0.25, -0.2) is 0 Å². The Morgan fingerprint density at radius 1 is 1.36 bits per heavy atom. The van der Waals surface area contributed by atoms with Crippen molar-refractivity contribution in [2.75, 3.05) is 0 Å². The molecule has 2 aromatic rings. The number of pyridine rings is 2. The number of rotatable bonds is 4. The van der Waals surface area contributed by atoms with Crippen LogP contribution in [0.1, 0.15) is 43.8 Å². The van der Waals surface area contributed by atoms with Crippen LogP contribution in [-0.2, 0) is 0 Å². The summed E-state index contributed by atoms with van der Waals surface area (Å²) in [5.74, 6) is 0. The molecular weight excluding hydrogens is 294 g/mol. The van der Waals surface area contributed by atoms with Gasteiger partial charge in [0.25, 0.3) is 0 Å². The van der Waals surface area contributed by atoms with E-state index in [1.165, 1.54) is 0 Å². The third-order valence-corrected chi connectivity index (χ3v) is 3.14.